The second kappa shape index (κ2) is 6.27. The maximum absolute atomic E-state index is 12.6. The van der Waals surface area contributed by atoms with E-state index in [1.807, 2.05) is 4.90 Å². The average molecular weight is 320 g/mol. The Bertz CT molecular complexity index is 599. The molecule has 2 atom stereocenters. The minimum atomic E-state index is -0.616. The predicted octanol–water partition coefficient (Wildman–Crippen LogP) is 0.0232. The molecule has 2 aliphatic heterocycles. The molecule has 126 valence electrons. The molecule has 3 heterocycles. The highest BCUT2D eigenvalue weighted by atomic mass is 16.2. The Hall–Kier alpha value is -1.96. The second-order valence-corrected chi connectivity index (χ2v) is 6.63. The summed E-state index contributed by atoms with van der Waals surface area (Å²) in [6.45, 7) is 6.62. The molecule has 8 heteroatoms. The molecule has 2 aliphatic rings. The molecule has 2 amide bonds. The Morgan fingerprint density at radius 3 is 2.74 bits per heavy atom. The number of aromatic nitrogens is 3. The topological polar surface area (TPSA) is 97.3 Å². The van der Waals surface area contributed by atoms with E-state index in [0.29, 0.717) is 0 Å². The molecule has 1 aromatic heterocycles. The van der Waals surface area contributed by atoms with Crippen LogP contribution >= 0.6 is 0 Å². The van der Waals surface area contributed by atoms with E-state index in [9.17, 15) is 9.59 Å². The van der Waals surface area contributed by atoms with Gasteiger partial charge in [-0.05, 0) is 39.7 Å². The average Bonchev–Trinajstić information content (AvgIpc) is 3.14. The third-order valence-electron chi connectivity index (χ3n) is 4.81. The zero-order valence-electron chi connectivity index (χ0n) is 13.7. The number of primary amides is 1. The van der Waals surface area contributed by atoms with Crippen LogP contribution in [0, 0.1) is 0 Å². The van der Waals surface area contributed by atoms with Crippen LogP contribution in [0.1, 0.15) is 49.8 Å². The van der Waals surface area contributed by atoms with Crippen LogP contribution in [0.25, 0.3) is 0 Å². The molecule has 0 unspecified atom stereocenters. The van der Waals surface area contributed by atoms with Crippen LogP contribution in [-0.4, -0.2) is 68.1 Å². The molecule has 2 N–H and O–H groups in total. The smallest absolute Gasteiger partial charge is 0.288 e. The zero-order chi connectivity index (χ0) is 16.6. The molecule has 0 aromatic carbocycles. The largest absolute Gasteiger partial charge is 0.363 e. The number of nitrogens with zero attached hydrogens (tertiary/aromatic N) is 5. The lowest BCUT2D eigenvalue weighted by Gasteiger charge is -2.36. The third kappa shape index (κ3) is 3.08. The molecule has 3 rings (SSSR count). The molecule has 1 aromatic rings. The number of hydrogen-bond acceptors (Lipinski definition) is 5. The van der Waals surface area contributed by atoms with Gasteiger partial charge in [-0.3, -0.25) is 14.5 Å². The minimum Gasteiger partial charge on any atom is -0.363 e. The van der Waals surface area contributed by atoms with Gasteiger partial charge < -0.3 is 10.6 Å². The summed E-state index contributed by atoms with van der Waals surface area (Å²) in [5.74, 6) is -0.336. The van der Waals surface area contributed by atoms with Crippen LogP contribution in [0.4, 0.5) is 0 Å². The molecule has 2 fully saturated rings. The van der Waals surface area contributed by atoms with Gasteiger partial charge in [0.15, 0.2) is 0 Å². The maximum Gasteiger partial charge on any atom is 0.288 e. The number of likely N-dealkylation sites (tertiary alicyclic amines) is 2. The second-order valence-electron chi connectivity index (χ2n) is 6.63. The van der Waals surface area contributed by atoms with E-state index in [1.54, 1.807) is 11.0 Å². The number of carbonyl (C=O) groups is 2. The summed E-state index contributed by atoms with van der Waals surface area (Å²) >= 11 is 0. The molecular formula is C15H24N6O2. The van der Waals surface area contributed by atoms with Crippen LogP contribution in [0.3, 0.4) is 0 Å². The van der Waals surface area contributed by atoms with Crippen molar-refractivity contribution in [2.45, 2.75) is 51.2 Å². The summed E-state index contributed by atoms with van der Waals surface area (Å²) in [4.78, 5) is 31.9. The van der Waals surface area contributed by atoms with E-state index >= 15 is 0 Å². The zero-order valence-corrected chi connectivity index (χ0v) is 13.7. The van der Waals surface area contributed by atoms with Crippen LogP contribution in [0.2, 0.25) is 0 Å². The van der Waals surface area contributed by atoms with Gasteiger partial charge in [0.2, 0.25) is 11.7 Å². The van der Waals surface area contributed by atoms with Crippen LogP contribution < -0.4 is 5.73 Å². The number of amides is 2. The van der Waals surface area contributed by atoms with Crippen LogP contribution in [0.15, 0.2) is 6.33 Å². The standard InChI is InChI=1S/C15H24N6O2/c1-10(2)20-7-5-12(15(20)23)19-6-3-4-11(8-19)21-9-17-14(18-21)13(16)22/h9-12H,3-8H2,1-2H3,(H2,16,22)/t11-,12-/m1/s1. The highest BCUT2D eigenvalue weighted by Crippen LogP contribution is 2.27. The van der Waals surface area contributed by atoms with Crippen molar-refractivity contribution in [3.8, 4) is 0 Å². The van der Waals surface area contributed by atoms with Crippen LogP contribution in [-0.2, 0) is 4.79 Å². The maximum atomic E-state index is 12.6. The molecule has 0 spiro atoms. The number of carbonyl (C=O) groups excluding carboxylic acids is 2. The van der Waals surface area contributed by atoms with Gasteiger partial charge in [-0.2, -0.15) is 0 Å². The highest BCUT2D eigenvalue weighted by Gasteiger charge is 2.39. The molecule has 0 aliphatic carbocycles. The summed E-state index contributed by atoms with van der Waals surface area (Å²) in [6.07, 6.45) is 4.41. The Morgan fingerprint density at radius 1 is 1.35 bits per heavy atom. The van der Waals surface area contributed by atoms with Crippen molar-refractivity contribution < 1.29 is 9.59 Å². The monoisotopic (exact) mass is 320 g/mol. The Labute approximate surface area is 135 Å². The van der Waals surface area contributed by atoms with Gasteiger partial charge in [0.25, 0.3) is 5.91 Å². The van der Waals surface area contributed by atoms with Crippen molar-refractivity contribution in [3.63, 3.8) is 0 Å². The SMILES string of the molecule is CC(C)N1CC[C@@H](N2CCC[C@@H](n3cnc(C(N)=O)n3)C2)C1=O. The first-order chi connectivity index (χ1) is 11.0. The number of piperidine rings is 1. The fourth-order valence-corrected chi connectivity index (χ4v) is 3.58. The van der Waals surface area contributed by atoms with Gasteiger partial charge in [0.1, 0.15) is 6.33 Å². The lowest BCUT2D eigenvalue weighted by molar-refractivity contribution is -0.134. The van der Waals surface area contributed by atoms with Gasteiger partial charge in [0, 0.05) is 19.1 Å². The molecule has 0 bridgehead atoms. The van der Waals surface area contributed by atoms with E-state index in [-0.39, 0.29) is 29.9 Å². The molecule has 23 heavy (non-hydrogen) atoms. The van der Waals surface area contributed by atoms with Gasteiger partial charge in [-0.25, -0.2) is 9.67 Å². The lowest BCUT2D eigenvalue weighted by atomic mass is 10.0. The van der Waals surface area contributed by atoms with Crippen molar-refractivity contribution in [3.05, 3.63) is 12.2 Å². The molecule has 8 nitrogen and oxygen atoms in total. The third-order valence-corrected chi connectivity index (χ3v) is 4.81. The lowest BCUT2D eigenvalue weighted by Crippen LogP contribution is -2.48. The Balaban J connectivity index is 1.69. The summed E-state index contributed by atoms with van der Waals surface area (Å²) in [5, 5.41) is 4.17. The van der Waals surface area contributed by atoms with Gasteiger partial charge in [0.05, 0.1) is 12.1 Å². The van der Waals surface area contributed by atoms with E-state index < -0.39 is 5.91 Å². The molecule has 2 saturated heterocycles. The Kier molecular flexibility index (Phi) is 4.34. The van der Waals surface area contributed by atoms with Crippen LogP contribution in [0.5, 0.6) is 0 Å². The van der Waals surface area contributed by atoms with E-state index in [2.05, 4.69) is 28.8 Å². The van der Waals surface area contributed by atoms with Gasteiger partial charge in [-0.1, -0.05) is 0 Å². The molecule has 0 radical (unpaired) electrons. The summed E-state index contributed by atoms with van der Waals surface area (Å²) in [5.41, 5.74) is 5.21. The first-order valence-electron chi connectivity index (χ1n) is 8.23. The summed E-state index contributed by atoms with van der Waals surface area (Å²) in [6, 6.07) is 0.353. The highest BCUT2D eigenvalue weighted by molar-refractivity contribution is 5.88. The quantitative estimate of drug-likeness (QED) is 0.843. The summed E-state index contributed by atoms with van der Waals surface area (Å²) in [7, 11) is 0. The first kappa shape index (κ1) is 15.9. The predicted molar refractivity (Wildman–Crippen MR) is 83.6 cm³/mol. The van der Waals surface area contributed by atoms with Gasteiger partial charge >= 0.3 is 0 Å². The fourth-order valence-electron chi connectivity index (χ4n) is 3.58. The van der Waals surface area contributed by atoms with Crippen molar-refractivity contribution in [2.24, 2.45) is 5.73 Å². The van der Waals surface area contributed by atoms with E-state index in [4.69, 9.17) is 5.73 Å². The van der Waals surface area contributed by atoms with Gasteiger partial charge in [-0.15, -0.1) is 5.10 Å². The molecular weight excluding hydrogens is 296 g/mol. The fraction of sp³-hybridized carbons (Fsp3) is 0.733. The first-order valence-corrected chi connectivity index (χ1v) is 8.23. The minimum absolute atomic E-state index is 0.0284. The Morgan fingerprint density at radius 2 is 2.13 bits per heavy atom. The van der Waals surface area contributed by atoms with Crippen molar-refractivity contribution >= 4 is 11.8 Å². The van der Waals surface area contributed by atoms with Crippen molar-refractivity contribution in [1.82, 2.24) is 24.6 Å². The van der Waals surface area contributed by atoms with Crippen molar-refractivity contribution in [1.29, 1.82) is 0 Å². The number of rotatable bonds is 4. The number of nitrogens with two attached hydrogens (primary N) is 1. The normalized spacial score (nSPS) is 26.2. The molecule has 0 saturated carbocycles. The van der Waals surface area contributed by atoms with E-state index in [0.717, 1.165) is 38.9 Å². The van der Waals surface area contributed by atoms with E-state index in [1.165, 1.54) is 0 Å². The summed E-state index contributed by atoms with van der Waals surface area (Å²) < 4.78 is 1.71. The number of hydrogen-bond donors (Lipinski definition) is 1. The van der Waals surface area contributed by atoms with Crippen molar-refractivity contribution in [2.75, 3.05) is 19.6 Å².